The van der Waals surface area contributed by atoms with Gasteiger partial charge in [-0.1, -0.05) is 13.0 Å². The molecule has 0 radical (unpaired) electrons. The van der Waals surface area contributed by atoms with E-state index in [2.05, 4.69) is 4.90 Å². The first-order valence-corrected chi connectivity index (χ1v) is 6.64. The van der Waals surface area contributed by atoms with Crippen LogP contribution in [0.2, 0.25) is 0 Å². The van der Waals surface area contributed by atoms with Gasteiger partial charge in [0.2, 0.25) is 0 Å². The molecule has 1 saturated heterocycles. The van der Waals surface area contributed by atoms with Crippen LogP contribution in [0.4, 0.5) is 4.79 Å². The Morgan fingerprint density at radius 1 is 1.21 bits per heavy atom. The Bertz CT molecular complexity index is 347. The van der Waals surface area contributed by atoms with Crippen LogP contribution in [0.5, 0.6) is 0 Å². The molecule has 0 spiro atoms. The number of rotatable bonds is 5. The smallest absolute Gasteiger partial charge is 0.409 e. The number of carboxylic acids is 1. The van der Waals surface area contributed by atoms with Crippen molar-refractivity contribution in [1.29, 1.82) is 0 Å². The lowest BCUT2D eigenvalue weighted by molar-refractivity contribution is -0.132. The fourth-order valence-corrected chi connectivity index (χ4v) is 1.95. The molecule has 0 unspecified atom stereocenters. The molecular formula is C13H22N2O4. The first-order valence-electron chi connectivity index (χ1n) is 6.64. The number of piperazine rings is 1. The number of ether oxygens (including phenoxy) is 1. The molecule has 1 heterocycles. The third-order valence-corrected chi connectivity index (χ3v) is 3.15. The Hall–Kier alpha value is -1.56. The van der Waals surface area contributed by atoms with Crippen LogP contribution in [-0.4, -0.2) is 66.3 Å². The van der Waals surface area contributed by atoms with Gasteiger partial charge in [0.15, 0.2) is 0 Å². The van der Waals surface area contributed by atoms with Gasteiger partial charge in [0, 0.05) is 38.3 Å². The summed E-state index contributed by atoms with van der Waals surface area (Å²) >= 11 is 0. The number of carbonyl (C=O) groups excluding carboxylic acids is 1. The predicted octanol–water partition coefficient (Wildman–Crippen LogP) is 1.18. The second-order valence-corrected chi connectivity index (χ2v) is 4.37. The molecule has 1 rings (SSSR count). The Kier molecular flexibility index (Phi) is 6.35. The summed E-state index contributed by atoms with van der Waals surface area (Å²) in [6.07, 6.45) is 2.01. The maximum atomic E-state index is 11.5. The van der Waals surface area contributed by atoms with Crippen molar-refractivity contribution in [3.05, 3.63) is 11.6 Å². The van der Waals surface area contributed by atoms with E-state index in [1.165, 1.54) is 0 Å². The van der Waals surface area contributed by atoms with Crippen LogP contribution in [0.3, 0.4) is 0 Å². The first-order chi connectivity index (χ1) is 9.08. The van der Waals surface area contributed by atoms with E-state index in [1.807, 2.05) is 6.92 Å². The van der Waals surface area contributed by atoms with Gasteiger partial charge in [-0.25, -0.2) is 9.59 Å². The van der Waals surface area contributed by atoms with Gasteiger partial charge in [0.05, 0.1) is 6.61 Å². The molecule has 6 heteroatoms. The number of hydrogen-bond donors (Lipinski definition) is 1. The second kappa shape index (κ2) is 7.78. The average molecular weight is 270 g/mol. The molecule has 0 aromatic carbocycles. The first kappa shape index (κ1) is 15.5. The lowest BCUT2D eigenvalue weighted by atomic mass is 10.2. The topological polar surface area (TPSA) is 70.1 Å². The van der Waals surface area contributed by atoms with E-state index in [-0.39, 0.29) is 6.09 Å². The molecule has 0 aromatic heterocycles. The van der Waals surface area contributed by atoms with Gasteiger partial charge >= 0.3 is 12.1 Å². The van der Waals surface area contributed by atoms with Gasteiger partial charge in [-0.3, -0.25) is 4.90 Å². The van der Waals surface area contributed by atoms with Crippen LogP contribution in [0, 0.1) is 0 Å². The van der Waals surface area contributed by atoms with E-state index < -0.39 is 5.97 Å². The Balaban J connectivity index is 2.38. The fourth-order valence-electron chi connectivity index (χ4n) is 1.95. The summed E-state index contributed by atoms with van der Waals surface area (Å²) in [5.41, 5.74) is 0.438. The average Bonchev–Trinajstić information content (AvgIpc) is 2.40. The zero-order valence-electron chi connectivity index (χ0n) is 11.6. The maximum absolute atomic E-state index is 11.5. The van der Waals surface area contributed by atoms with Crippen LogP contribution in [-0.2, 0) is 9.53 Å². The third kappa shape index (κ3) is 4.90. The minimum Gasteiger partial charge on any atom is -0.478 e. The summed E-state index contributed by atoms with van der Waals surface area (Å²) in [4.78, 5) is 26.2. The Morgan fingerprint density at radius 3 is 2.32 bits per heavy atom. The molecule has 0 saturated carbocycles. The van der Waals surface area contributed by atoms with Crippen LogP contribution < -0.4 is 0 Å². The highest BCUT2D eigenvalue weighted by molar-refractivity contribution is 5.86. The lowest BCUT2D eigenvalue weighted by Crippen LogP contribution is -2.48. The summed E-state index contributed by atoms with van der Waals surface area (Å²) in [6, 6.07) is 0. The maximum Gasteiger partial charge on any atom is 0.409 e. The van der Waals surface area contributed by atoms with E-state index in [0.717, 1.165) is 13.1 Å². The lowest BCUT2D eigenvalue weighted by Gasteiger charge is -2.33. The third-order valence-electron chi connectivity index (χ3n) is 3.15. The summed E-state index contributed by atoms with van der Waals surface area (Å²) < 4.78 is 4.94. The number of carboxylic acid groups (broad SMARTS) is 1. The van der Waals surface area contributed by atoms with Crippen molar-refractivity contribution in [1.82, 2.24) is 9.80 Å². The van der Waals surface area contributed by atoms with Crippen molar-refractivity contribution < 1.29 is 19.4 Å². The molecular weight excluding hydrogens is 248 g/mol. The molecule has 1 amide bonds. The van der Waals surface area contributed by atoms with Crippen molar-refractivity contribution in [2.24, 2.45) is 0 Å². The summed E-state index contributed by atoms with van der Waals surface area (Å²) in [7, 11) is 0. The molecule has 19 heavy (non-hydrogen) atoms. The highest BCUT2D eigenvalue weighted by atomic mass is 16.6. The molecule has 1 fully saturated rings. The summed E-state index contributed by atoms with van der Waals surface area (Å²) in [5, 5.41) is 8.92. The van der Waals surface area contributed by atoms with E-state index in [1.54, 1.807) is 17.9 Å². The SMILES string of the molecule is CCOC(=O)N1CCN(C/C=C(/CC)C(=O)O)CC1. The highest BCUT2D eigenvalue weighted by Gasteiger charge is 2.21. The Labute approximate surface area is 113 Å². The number of amides is 1. The van der Waals surface area contributed by atoms with E-state index in [0.29, 0.717) is 38.2 Å². The van der Waals surface area contributed by atoms with E-state index in [4.69, 9.17) is 9.84 Å². The van der Waals surface area contributed by atoms with Crippen molar-refractivity contribution in [2.75, 3.05) is 39.3 Å². The zero-order valence-corrected chi connectivity index (χ0v) is 11.6. The van der Waals surface area contributed by atoms with Crippen molar-refractivity contribution >= 4 is 12.1 Å². The van der Waals surface area contributed by atoms with Crippen molar-refractivity contribution in [3.63, 3.8) is 0 Å². The number of carbonyl (C=O) groups is 2. The number of hydrogen-bond acceptors (Lipinski definition) is 4. The monoisotopic (exact) mass is 270 g/mol. The fraction of sp³-hybridized carbons (Fsp3) is 0.692. The summed E-state index contributed by atoms with van der Waals surface area (Å²) in [6.45, 7) is 7.36. The minimum atomic E-state index is -0.854. The van der Waals surface area contributed by atoms with Gasteiger partial charge in [0.1, 0.15) is 0 Å². The Morgan fingerprint density at radius 2 is 1.84 bits per heavy atom. The van der Waals surface area contributed by atoms with E-state index >= 15 is 0 Å². The quantitative estimate of drug-likeness (QED) is 0.760. The van der Waals surface area contributed by atoms with Gasteiger partial charge in [-0.05, 0) is 13.3 Å². The van der Waals surface area contributed by atoms with Crippen LogP contribution in [0.25, 0.3) is 0 Å². The molecule has 0 atom stereocenters. The second-order valence-electron chi connectivity index (χ2n) is 4.37. The molecule has 6 nitrogen and oxygen atoms in total. The number of aliphatic carboxylic acids is 1. The molecule has 0 aromatic rings. The van der Waals surface area contributed by atoms with Crippen LogP contribution in [0.1, 0.15) is 20.3 Å². The normalized spacial score (nSPS) is 17.4. The van der Waals surface area contributed by atoms with Crippen molar-refractivity contribution in [2.45, 2.75) is 20.3 Å². The van der Waals surface area contributed by atoms with Gasteiger partial charge in [-0.15, -0.1) is 0 Å². The van der Waals surface area contributed by atoms with Crippen LogP contribution in [0.15, 0.2) is 11.6 Å². The molecule has 1 N–H and O–H groups in total. The molecule has 0 bridgehead atoms. The predicted molar refractivity (Wildman–Crippen MR) is 71.0 cm³/mol. The van der Waals surface area contributed by atoms with Crippen molar-refractivity contribution in [3.8, 4) is 0 Å². The molecule has 0 aliphatic carbocycles. The highest BCUT2D eigenvalue weighted by Crippen LogP contribution is 2.06. The largest absolute Gasteiger partial charge is 0.478 e. The molecule has 1 aliphatic rings. The minimum absolute atomic E-state index is 0.266. The van der Waals surface area contributed by atoms with Crippen LogP contribution >= 0.6 is 0 Å². The number of nitrogens with zero attached hydrogens (tertiary/aromatic N) is 2. The van der Waals surface area contributed by atoms with E-state index in [9.17, 15) is 9.59 Å². The molecule has 108 valence electrons. The van der Waals surface area contributed by atoms with Gasteiger partial charge < -0.3 is 14.7 Å². The zero-order chi connectivity index (χ0) is 14.3. The molecule has 1 aliphatic heterocycles. The van der Waals surface area contributed by atoms with Gasteiger partial charge in [-0.2, -0.15) is 0 Å². The summed E-state index contributed by atoms with van der Waals surface area (Å²) in [5.74, 6) is -0.854. The van der Waals surface area contributed by atoms with Gasteiger partial charge in [0.25, 0.3) is 0 Å². The standard InChI is InChI=1S/C13H22N2O4/c1-3-11(12(16)17)5-6-14-7-9-15(10-8-14)13(18)19-4-2/h5H,3-4,6-10H2,1-2H3,(H,16,17)/b11-5-.